The zero-order valence-electron chi connectivity index (χ0n) is 9.25. The van der Waals surface area contributed by atoms with Crippen molar-refractivity contribution in [2.45, 2.75) is 19.8 Å². The van der Waals surface area contributed by atoms with Crippen molar-refractivity contribution in [2.75, 3.05) is 12.4 Å². The van der Waals surface area contributed by atoms with Crippen LogP contribution < -0.4 is 4.74 Å². The van der Waals surface area contributed by atoms with Crippen molar-refractivity contribution >= 4 is 44.5 Å². The summed E-state index contributed by atoms with van der Waals surface area (Å²) in [6.07, 6.45) is 2.34. The van der Waals surface area contributed by atoms with Crippen LogP contribution in [0.2, 0.25) is 0 Å². The number of thiol groups is 1. The van der Waals surface area contributed by atoms with Gasteiger partial charge in [-0.2, -0.15) is 12.6 Å². The minimum atomic E-state index is 0.531. The topological polar surface area (TPSA) is 9.23 Å². The van der Waals surface area contributed by atoms with Crippen molar-refractivity contribution in [3.05, 3.63) is 27.1 Å². The molecule has 0 saturated carbocycles. The van der Waals surface area contributed by atoms with Gasteiger partial charge >= 0.3 is 0 Å². The standard InChI is InChI=1S/C12H16Br2OS/c1-2-3-9(8-16)7-15-12-5-4-10(13)6-11(12)14/h4-6,9,16H,2-3,7-8H2,1H3. The fourth-order valence-electron chi connectivity index (χ4n) is 1.44. The highest BCUT2D eigenvalue weighted by atomic mass is 79.9. The van der Waals surface area contributed by atoms with Crippen LogP contribution in [0.5, 0.6) is 5.75 Å². The van der Waals surface area contributed by atoms with E-state index in [1.54, 1.807) is 0 Å². The molecular weight excluding hydrogens is 352 g/mol. The Morgan fingerprint density at radius 3 is 2.69 bits per heavy atom. The van der Waals surface area contributed by atoms with Gasteiger partial charge in [-0.05, 0) is 46.3 Å². The zero-order chi connectivity index (χ0) is 12.0. The van der Waals surface area contributed by atoms with E-state index in [4.69, 9.17) is 4.74 Å². The molecule has 0 radical (unpaired) electrons. The minimum absolute atomic E-state index is 0.531. The average molecular weight is 368 g/mol. The van der Waals surface area contributed by atoms with E-state index in [1.165, 1.54) is 6.42 Å². The molecule has 1 atom stereocenters. The van der Waals surface area contributed by atoms with Crippen molar-refractivity contribution in [3.8, 4) is 5.75 Å². The average Bonchev–Trinajstić information content (AvgIpc) is 2.26. The van der Waals surface area contributed by atoms with Gasteiger partial charge in [0.25, 0.3) is 0 Å². The van der Waals surface area contributed by atoms with Crippen molar-refractivity contribution in [2.24, 2.45) is 5.92 Å². The summed E-state index contributed by atoms with van der Waals surface area (Å²) in [5.74, 6) is 2.30. The summed E-state index contributed by atoms with van der Waals surface area (Å²) in [7, 11) is 0. The summed E-state index contributed by atoms with van der Waals surface area (Å²) in [5.41, 5.74) is 0. The van der Waals surface area contributed by atoms with E-state index in [9.17, 15) is 0 Å². The van der Waals surface area contributed by atoms with Crippen LogP contribution in [0.25, 0.3) is 0 Å². The van der Waals surface area contributed by atoms with Gasteiger partial charge in [0, 0.05) is 10.4 Å². The highest BCUT2D eigenvalue weighted by Crippen LogP contribution is 2.28. The maximum atomic E-state index is 5.78. The van der Waals surface area contributed by atoms with Crippen LogP contribution >= 0.6 is 44.5 Å². The summed E-state index contributed by atoms with van der Waals surface area (Å²) in [5, 5.41) is 0. The van der Waals surface area contributed by atoms with Gasteiger partial charge in [0.05, 0.1) is 11.1 Å². The molecule has 0 amide bonds. The molecule has 4 heteroatoms. The lowest BCUT2D eigenvalue weighted by atomic mass is 10.1. The third-order valence-corrected chi connectivity index (χ3v) is 3.95. The first kappa shape index (κ1) is 14.4. The molecule has 1 aromatic carbocycles. The Bertz CT molecular complexity index is 331. The van der Waals surface area contributed by atoms with E-state index >= 15 is 0 Å². The maximum Gasteiger partial charge on any atom is 0.133 e. The van der Waals surface area contributed by atoms with E-state index in [0.717, 1.165) is 33.5 Å². The van der Waals surface area contributed by atoms with Gasteiger partial charge in [-0.25, -0.2) is 0 Å². The van der Waals surface area contributed by atoms with E-state index < -0.39 is 0 Å². The number of hydrogen-bond acceptors (Lipinski definition) is 2. The van der Waals surface area contributed by atoms with E-state index in [0.29, 0.717) is 5.92 Å². The van der Waals surface area contributed by atoms with Gasteiger partial charge in [-0.3, -0.25) is 0 Å². The van der Waals surface area contributed by atoms with Crippen molar-refractivity contribution in [1.29, 1.82) is 0 Å². The highest BCUT2D eigenvalue weighted by Gasteiger charge is 2.08. The Morgan fingerprint density at radius 1 is 1.38 bits per heavy atom. The van der Waals surface area contributed by atoms with Crippen molar-refractivity contribution in [1.82, 2.24) is 0 Å². The van der Waals surface area contributed by atoms with Gasteiger partial charge < -0.3 is 4.74 Å². The summed E-state index contributed by atoms with van der Waals surface area (Å²) < 4.78 is 7.81. The van der Waals surface area contributed by atoms with Crippen LogP contribution in [0.15, 0.2) is 27.1 Å². The van der Waals surface area contributed by atoms with Gasteiger partial charge in [0.2, 0.25) is 0 Å². The molecule has 0 saturated heterocycles. The minimum Gasteiger partial charge on any atom is -0.492 e. The summed E-state index contributed by atoms with van der Waals surface area (Å²) in [6.45, 7) is 2.92. The lowest BCUT2D eigenvalue weighted by Crippen LogP contribution is -2.13. The molecule has 0 spiro atoms. The molecule has 1 unspecified atom stereocenters. The Kier molecular flexibility index (Phi) is 6.85. The van der Waals surface area contributed by atoms with Crippen LogP contribution in [-0.2, 0) is 0 Å². The van der Waals surface area contributed by atoms with E-state index in [2.05, 4.69) is 51.4 Å². The molecule has 1 nitrogen and oxygen atoms in total. The zero-order valence-corrected chi connectivity index (χ0v) is 13.3. The smallest absolute Gasteiger partial charge is 0.133 e. The first-order valence-electron chi connectivity index (χ1n) is 5.36. The van der Waals surface area contributed by atoms with Gasteiger partial charge in [0.15, 0.2) is 0 Å². The van der Waals surface area contributed by atoms with Crippen molar-refractivity contribution in [3.63, 3.8) is 0 Å². The number of benzene rings is 1. The number of ether oxygens (including phenoxy) is 1. The quantitative estimate of drug-likeness (QED) is 0.701. The summed E-state index contributed by atoms with van der Waals surface area (Å²) in [4.78, 5) is 0. The Morgan fingerprint density at radius 2 is 2.12 bits per heavy atom. The Balaban J connectivity index is 2.53. The second-order valence-electron chi connectivity index (χ2n) is 3.72. The third kappa shape index (κ3) is 4.68. The number of halogens is 2. The normalized spacial score (nSPS) is 12.5. The first-order chi connectivity index (χ1) is 7.67. The highest BCUT2D eigenvalue weighted by molar-refractivity contribution is 9.11. The fourth-order valence-corrected chi connectivity index (χ4v) is 2.88. The predicted octanol–water partition coefficient (Wildman–Crippen LogP) is 4.94. The van der Waals surface area contributed by atoms with Gasteiger partial charge in [0.1, 0.15) is 5.75 Å². The largest absolute Gasteiger partial charge is 0.492 e. The summed E-state index contributed by atoms with van der Waals surface area (Å²) in [6, 6.07) is 5.94. The molecule has 0 fully saturated rings. The molecule has 0 aliphatic rings. The maximum absolute atomic E-state index is 5.78. The molecule has 0 aliphatic carbocycles. The predicted molar refractivity (Wildman–Crippen MR) is 79.6 cm³/mol. The molecule has 0 heterocycles. The Hall–Kier alpha value is 0.330. The van der Waals surface area contributed by atoms with Crippen LogP contribution in [0, 0.1) is 5.92 Å². The molecule has 1 aromatic rings. The number of rotatable bonds is 6. The van der Waals surface area contributed by atoms with Crippen LogP contribution in [0.3, 0.4) is 0 Å². The van der Waals surface area contributed by atoms with Gasteiger partial charge in [-0.1, -0.05) is 29.3 Å². The molecule has 1 rings (SSSR count). The molecule has 90 valence electrons. The molecule has 0 bridgehead atoms. The lowest BCUT2D eigenvalue weighted by molar-refractivity contribution is 0.253. The third-order valence-electron chi connectivity index (χ3n) is 2.32. The molecular formula is C12H16Br2OS. The monoisotopic (exact) mass is 366 g/mol. The van der Waals surface area contributed by atoms with E-state index in [-0.39, 0.29) is 0 Å². The first-order valence-corrected chi connectivity index (χ1v) is 7.58. The van der Waals surface area contributed by atoms with Crippen LogP contribution in [0.4, 0.5) is 0 Å². The molecule has 16 heavy (non-hydrogen) atoms. The lowest BCUT2D eigenvalue weighted by Gasteiger charge is -2.15. The van der Waals surface area contributed by atoms with E-state index in [1.807, 2.05) is 18.2 Å². The van der Waals surface area contributed by atoms with Crippen LogP contribution in [-0.4, -0.2) is 12.4 Å². The second-order valence-corrected chi connectivity index (χ2v) is 5.86. The SMILES string of the molecule is CCCC(CS)COc1ccc(Br)cc1Br. The van der Waals surface area contributed by atoms with Crippen molar-refractivity contribution < 1.29 is 4.74 Å². The number of hydrogen-bond donors (Lipinski definition) is 1. The Labute approximate surface area is 120 Å². The molecule has 0 aliphatic heterocycles. The molecule has 0 N–H and O–H groups in total. The van der Waals surface area contributed by atoms with Gasteiger partial charge in [-0.15, -0.1) is 0 Å². The summed E-state index contributed by atoms with van der Waals surface area (Å²) >= 11 is 11.2. The fraction of sp³-hybridized carbons (Fsp3) is 0.500. The van der Waals surface area contributed by atoms with Crippen LogP contribution in [0.1, 0.15) is 19.8 Å². The molecule has 0 aromatic heterocycles. The second kappa shape index (κ2) is 7.62.